The van der Waals surface area contributed by atoms with Crippen molar-refractivity contribution in [3.8, 4) is 0 Å². The molecule has 4 rings (SSSR count). The van der Waals surface area contributed by atoms with Crippen molar-refractivity contribution in [3.05, 3.63) is 36.2 Å². The number of aromatic nitrogens is 3. The minimum absolute atomic E-state index is 0.0223. The molecule has 12 heteroatoms. The summed E-state index contributed by atoms with van der Waals surface area (Å²) in [5.74, 6) is 0.457. The van der Waals surface area contributed by atoms with Crippen LogP contribution in [-0.2, 0) is 10.5 Å². The molecule has 1 unspecified atom stereocenters. The van der Waals surface area contributed by atoms with E-state index in [4.69, 9.17) is 10.6 Å². The highest BCUT2D eigenvalue weighted by Crippen LogP contribution is 2.38. The number of rotatable bonds is 6. The van der Waals surface area contributed by atoms with E-state index in [-0.39, 0.29) is 24.3 Å². The highest BCUT2D eigenvalue weighted by molar-refractivity contribution is 5.57. The summed E-state index contributed by atoms with van der Waals surface area (Å²) in [4.78, 5) is 26.2. The van der Waals surface area contributed by atoms with Gasteiger partial charge in [0.25, 0.3) is 0 Å². The van der Waals surface area contributed by atoms with Gasteiger partial charge in [-0.2, -0.15) is 28.1 Å². The van der Waals surface area contributed by atoms with Crippen LogP contribution in [0.3, 0.4) is 0 Å². The second-order valence-electron chi connectivity index (χ2n) is 7.49. The summed E-state index contributed by atoms with van der Waals surface area (Å²) in [6.45, 7) is 0.363. The van der Waals surface area contributed by atoms with Gasteiger partial charge in [0.05, 0.1) is 12.5 Å². The van der Waals surface area contributed by atoms with Gasteiger partial charge < -0.3 is 15.5 Å². The minimum atomic E-state index is -4.24. The Morgan fingerprint density at radius 2 is 2.03 bits per heavy atom. The van der Waals surface area contributed by atoms with Crippen LogP contribution in [0, 0.1) is 0 Å². The van der Waals surface area contributed by atoms with E-state index in [2.05, 4.69) is 25.4 Å². The van der Waals surface area contributed by atoms with Crippen LogP contribution in [0.5, 0.6) is 0 Å². The maximum atomic E-state index is 12.8. The Balaban J connectivity index is 1.68. The zero-order valence-electron chi connectivity index (χ0n) is 16.9. The van der Waals surface area contributed by atoms with Crippen molar-refractivity contribution in [1.82, 2.24) is 25.3 Å². The number of likely N-dealkylation sites (tertiary alicyclic amines) is 1. The Hall–Kier alpha value is -2.99. The van der Waals surface area contributed by atoms with Crippen molar-refractivity contribution in [2.75, 3.05) is 30.8 Å². The van der Waals surface area contributed by atoms with E-state index in [9.17, 15) is 13.2 Å². The number of aliphatic imine (C=N–C) groups is 1. The lowest BCUT2D eigenvalue weighted by Crippen LogP contribution is -2.54. The van der Waals surface area contributed by atoms with Crippen LogP contribution in [0.25, 0.3) is 0 Å². The van der Waals surface area contributed by atoms with Crippen molar-refractivity contribution >= 4 is 24.0 Å². The van der Waals surface area contributed by atoms with E-state index in [1.165, 1.54) is 6.40 Å². The monoisotopic (exact) mass is 436 g/mol. The van der Waals surface area contributed by atoms with Crippen LogP contribution in [0.2, 0.25) is 0 Å². The summed E-state index contributed by atoms with van der Waals surface area (Å²) < 4.78 is 38.5. The lowest BCUT2D eigenvalue weighted by atomic mass is 9.97. The van der Waals surface area contributed by atoms with Gasteiger partial charge in [-0.1, -0.05) is 18.2 Å². The molecule has 2 aliphatic rings. The number of benzene rings is 1. The molecule has 0 aliphatic carbocycles. The molecule has 0 radical (unpaired) electrons. The number of nitrogens with one attached hydrogen (secondary N) is 1. The molecule has 2 aliphatic heterocycles. The zero-order valence-corrected chi connectivity index (χ0v) is 16.9. The number of para-hydroxylation sites is 1. The highest BCUT2D eigenvalue weighted by atomic mass is 19.4. The van der Waals surface area contributed by atoms with Crippen molar-refractivity contribution in [2.24, 2.45) is 4.99 Å². The molecular formula is C19H23F3N8O. The lowest BCUT2D eigenvalue weighted by Gasteiger charge is -2.36. The quantitative estimate of drug-likeness (QED) is 0.711. The molecule has 1 aromatic heterocycles. The van der Waals surface area contributed by atoms with E-state index in [0.29, 0.717) is 13.0 Å². The molecule has 0 saturated carbocycles. The molecule has 0 amide bonds. The topological polar surface area (TPSA) is 105 Å². The molecule has 1 aromatic carbocycles. The first-order valence-electron chi connectivity index (χ1n) is 9.87. The number of halogens is 3. The third kappa shape index (κ3) is 4.39. The van der Waals surface area contributed by atoms with E-state index in [1.807, 2.05) is 30.3 Å². The molecule has 1 fully saturated rings. The SMILES string of the molecule is CN(c1ccccc1)c1nc(N)nc(C2([C@H]3CCCN3CCC(F)(F)F)N=CON2)n1. The molecule has 9 nitrogen and oxygen atoms in total. The fraction of sp³-hybridized carbons (Fsp3) is 0.474. The van der Waals surface area contributed by atoms with E-state index >= 15 is 0 Å². The van der Waals surface area contributed by atoms with Crippen LogP contribution >= 0.6 is 0 Å². The second-order valence-corrected chi connectivity index (χ2v) is 7.49. The largest absolute Gasteiger partial charge is 0.394 e. The standard InChI is InChI=1S/C19H23F3N8O/c1-29(13-6-3-2-4-7-13)17-26-15(25-16(23)27-17)19(24-12-31-28-19)14-8-5-10-30(14)11-9-18(20,21)22/h2-4,6-7,12,14,28H,5,8-11H2,1H3,(H2,23,25,26,27)/t14-,19?/m1/s1. The van der Waals surface area contributed by atoms with Crippen molar-refractivity contribution in [3.63, 3.8) is 0 Å². The molecule has 3 N–H and O–H groups in total. The number of hydrogen-bond donors (Lipinski definition) is 2. The fourth-order valence-electron chi connectivity index (χ4n) is 3.96. The predicted molar refractivity (Wildman–Crippen MR) is 108 cm³/mol. The number of alkyl halides is 3. The fourth-order valence-corrected chi connectivity index (χ4v) is 3.96. The first-order valence-corrected chi connectivity index (χ1v) is 9.87. The molecule has 1 saturated heterocycles. The number of nitrogen functional groups attached to an aromatic ring is 1. The van der Waals surface area contributed by atoms with Crippen molar-refractivity contribution < 1.29 is 18.0 Å². The van der Waals surface area contributed by atoms with Crippen LogP contribution in [0.15, 0.2) is 35.3 Å². The molecular weight excluding hydrogens is 413 g/mol. The normalized spacial score (nSPS) is 23.8. The van der Waals surface area contributed by atoms with Gasteiger partial charge in [-0.3, -0.25) is 4.90 Å². The molecule has 0 bridgehead atoms. The van der Waals surface area contributed by atoms with Crippen LogP contribution in [-0.4, -0.2) is 58.6 Å². The number of hydroxylamine groups is 1. The third-order valence-electron chi connectivity index (χ3n) is 5.48. The van der Waals surface area contributed by atoms with Gasteiger partial charge in [0.15, 0.2) is 12.2 Å². The molecule has 0 spiro atoms. The number of nitrogens with zero attached hydrogens (tertiary/aromatic N) is 6. The van der Waals surface area contributed by atoms with E-state index in [0.717, 1.165) is 12.1 Å². The summed E-state index contributed by atoms with van der Waals surface area (Å²) in [6, 6.07) is 8.99. The summed E-state index contributed by atoms with van der Waals surface area (Å²) in [7, 11) is 1.79. The van der Waals surface area contributed by atoms with Crippen molar-refractivity contribution in [2.45, 2.75) is 37.1 Å². The molecule has 2 atom stereocenters. The Morgan fingerprint density at radius 3 is 2.71 bits per heavy atom. The van der Waals surface area contributed by atoms with Crippen LogP contribution in [0.1, 0.15) is 25.1 Å². The van der Waals surface area contributed by atoms with Crippen LogP contribution in [0.4, 0.5) is 30.8 Å². The highest BCUT2D eigenvalue weighted by Gasteiger charge is 2.51. The predicted octanol–water partition coefficient (Wildman–Crippen LogP) is 2.35. The first-order chi connectivity index (χ1) is 14.8. The Morgan fingerprint density at radius 1 is 1.26 bits per heavy atom. The average Bonchev–Trinajstić information content (AvgIpc) is 3.41. The van der Waals surface area contributed by atoms with Gasteiger partial charge in [0.2, 0.25) is 17.6 Å². The minimum Gasteiger partial charge on any atom is -0.394 e. The smallest absolute Gasteiger partial charge is 0.390 e. The van der Waals surface area contributed by atoms with Gasteiger partial charge in [-0.15, -0.1) is 5.48 Å². The van der Waals surface area contributed by atoms with E-state index < -0.39 is 24.3 Å². The Labute approximate surface area is 177 Å². The van der Waals surface area contributed by atoms with Gasteiger partial charge in [-0.05, 0) is 31.5 Å². The molecule has 2 aromatic rings. The average molecular weight is 436 g/mol. The molecule has 166 valence electrons. The van der Waals surface area contributed by atoms with E-state index in [1.54, 1.807) is 16.8 Å². The maximum Gasteiger partial charge on any atom is 0.390 e. The number of nitrogens with two attached hydrogens (primary N) is 1. The van der Waals surface area contributed by atoms with Gasteiger partial charge in [0.1, 0.15) is 0 Å². The van der Waals surface area contributed by atoms with Crippen molar-refractivity contribution in [1.29, 1.82) is 0 Å². The van der Waals surface area contributed by atoms with Gasteiger partial charge >= 0.3 is 6.18 Å². The second kappa shape index (κ2) is 8.27. The lowest BCUT2D eigenvalue weighted by molar-refractivity contribution is -0.139. The summed E-state index contributed by atoms with van der Waals surface area (Å²) in [5.41, 5.74) is 8.34. The first kappa shape index (κ1) is 21.2. The number of anilines is 3. The summed E-state index contributed by atoms with van der Waals surface area (Å²) >= 11 is 0. The maximum absolute atomic E-state index is 12.8. The molecule has 31 heavy (non-hydrogen) atoms. The van der Waals surface area contributed by atoms with Gasteiger partial charge in [0, 0.05) is 19.3 Å². The summed E-state index contributed by atoms with van der Waals surface area (Å²) in [6.07, 6.45) is -2.63. The zero-order chi connectivity index (χ0) is 22.1. The summed E-state index contributed by atoms with van der Waals surface area (Å²) in [5, 5.41) is 0. The number of hydrogen-bond acceptors (Lipinski definition) is 9. The third-order valence-corrected chi connectivity index (χ3v) is 5.48. The van der Waals surface area contributed by atoms with Gasteiger partial charge in [-0.25, -0.2) is 4.99 Å². The van der Waals surface area contributed by atoms with Crippen LogP contribution < -0.4 is 16.1 Å². The Kier molecular flexibility index (Phi) is 5.67. The Bertz CT molecular complexity index is 941. The molecule has 3 heterocycles.